The molecule has 3 heterocycles. The topological polar surface area (TPSA) is 88.9 Å². The van der Waals surface area contributed by atoms with E-state index in [1.165, 1.54) is 4.88 Å². The van der Waals surface area contributed by atoms with E-state index in [2.05, 4.69) is 49.0 Å². The van der Waals surface area contributed by atoms with Crippen LogP contribution in [-0.4, -0.2) is 43.8 Å². The first-order valence-corrected chi connectivity index (χ1v) is 12.7. The number of ether oxygens (including phenoxy) is 1. The Balaban J connectivity index is 1.68. The van der Waals surface area contributed by atoms with Crippen molar-refractivity contribution in [3.05, 3.63) is 110 Å². The Bertz CT molecular complexity index is 1480. The van der Waals surface area contributed by atoms with E-state index >= 15 is 0 Å². The average molecular weight is 501 g/mol. The molecule has 36 heavy (non-hydrogen) atoms. The molecule has 0 amide bonds. The molecule has 0 spiro atoms. The van der Waals surface area contributed by atoms with Crippen molar-refractivity contribution < 1.29 is 4.74 Å². The third kappa shape index (κ3) is 5.13. The number of aromatic nitrogens is 5. The molecule has 9 heteroatoms. The lowest BCUT2D eigenvalue weighted by Gasteiger charge is -2.31. The molecule has 0 saturated heterocycles. The summed E-state index contributed by atoms with van der Waals surface area (Å²) in [5.41, 5.74) is 3.47. The predicted octanol–water partition coefficient (Wildman–Crippen LogP) is 4.32. The summed E-state index contributed by atoms with van der Waals surface area (Å²) in [6.45, 7) is 4.20. The number of aromatic amines is 1. The Labute approximate surface area is 213 Å². The van der Waals surface area contributed by atoms with Crippen LogP contribution < -0.4 is 5.56 Å². The van der Waals surface area contributed by atoms with Gasteiger partial charge in [-0.3, -0.25) is 9.69 Å². The van der Waals surface area contributed by atoms with E-state index in [0.717, 1.165) is 22.0 Å². The van der Waals surface area contributed by atoms with Gasteiger partial charge >= 0.3 is 0 Å². The van der Waals surface area contributed by atoms with E-state index in [1.54, 1.807) is 23.1 Å². The number of tetrazole rings is 1. The van der Waals surface area contributed by atoms with Crippen LogP contribution in [0.2, 0.25) is 0 Å². The molecule has 2 aromatic carbocycles. The van der Waals surface area contributed by atoms with Gasteiger partial charge in [-0.05, 0) is 51.4 Å². The molecule has 0 radical (unpaired) electrons. The van der Waals surface area contributed by atoms with Gasteiger partial charge in [0.1, 0.15) is 6.04 Å². The highest BCUT2D eigenvalue weighted by Gasteiger charge is 2.31. The van der Waals surface area contributed by atoms with E-state index in [0.29, 0.717) is 37.6 Å². The maximum absolute atomic E-state index is 13.6. The number of nitrogens with one attached hydrogen (secondary N) is 1. The minimum absolute atomic E-state index is 0.146. The molecule has 0 aliphatic heterocycles. The summed E-state index contributed by atoms with van der Waals surface area (Å²) in [5, 5.41) is 15.7. The molecule has 8 nitrogen and oxygen atoms in total. The maximum Gasteiger partial charge on any atom is 0.253 e. The number of para-hydroxylation sites is 1. The van der Waals surface area contributed by atoms with Crippen molar-refractivity contribution in [2.45, 2.75) is 32.6 Å². The third-order valence-corrected chi connectivity index (χ3v) is 7.12. The Morgan fingerprint density at radius 3 is 2.72 bits per heavy atom. The summed E-state index contributed by atoms with van der Waals surface area (Å²) in [4.78, 5) is 20.2. The van der Waals surface area contributed by atoms with Crippen molar-refractivity contribution >= 4 is 22.2 Å². The summed E-state index contributed by atoms with van der Waals surface area (Å²) in [6.07, 6.45) is 0. The molecule has 0 aliphatic rings. The normalized spacial score (nSPS) is 12.4. The largest absolute Gasteiger partial charge is 0.383 e. The van der Waals surface area contributed by atoms with Crippen molar-refractivity contribution in [2.24, 2.45) is 0 Å². The number of hydrogen-bond acceptors (Lipinski definition) is 7. The number of aryl methyl sites for hydroxylation is 1. The van der Waals surface area contributed by atoms with Gasteiger partial charge in [0.2, 0.25) is 0 Å². The summed E-state index contributed by atoms with van der Waals surface area (Å²) in [5.74, 6) is 0.608. The molecule has 0 fully saturated rings. The van der Waals surface area contributed by atoms with E-state index in [9.17, 15) is 4.79 Å². The Hall–Kier alpha value is -3.66. The van der Waals surface area contributed by atoms with E-state index in [4.69, 9.17) is 4.74 Å². The lowest BCUT2D eigenvalue weighted by atomic mass is 10.0. The average Bonchev–Trinajstić information content (AvgIpc) is 3.57. The van der Waals surface area contributed by atoms with Crippen LogP contribution in [0.25, 0.3) is 10.9 Å². The molecule has 1 unspecified atom stereocenters. The number of rotatable bonds is 10. The van der Waals surface area contributed by atoms with Crippen LogP contribution in [-0.2, 0) is 24.4 Å². The van der Waals surface area contributed by atoms with Gasteiger partial charge in [0, 0.05) is 30.6 Å². The summed E-state index contributed by atoms with van der Waals surface area (Å²) >= 11 is 1.69. The third-order valence-electron chi connectivity index (χ3n) is 6.26. The number of fused-ring (bicyclic) bond motifs is 1. The molecule has 5 rings (SSSR count). The number of benzene rings is 2. The fraction of sp³-hybridized carbons (Fsp3) is 0.259. The van der Waals surface area contributed by atoms with Crippen LogP contribution in [0.5, 0.6) is 0 Å². The second kappa shape index (κ2) is 10.9. The zero-order valence-electron chi connectivity index (χ0n) is 20.3. The van der Waals surface area contributed by atoms with Crippen molar-refractivity contribution in [1.29, 1.82) is 0 Å². The summed E-state index contributed by atoms with van der Waals surface area (Å²) < 4.78 is 7.03. The van der Waals surface area contributed by atoms with E-state index < -0.39 is 6.04 Å². The van der Waals surface area contributed by atoms with Crippen LogP contribution >= 0.6 is 11.3 Å². The Morgan fingerprint density at radius 1 is 1.08 bits per heavy atom. The van der Waals surface area contributed by atoms with Gasteiger partial charge in [-0.1, -0.05) is 54.6 Å². The van der Waals surface area contributed by atoms with Crippen LogP contribution in [0.4, 0.5) is 0 Å². The molecule has 1 N–H and O–H groups in total. The highest BCUT2D eigenvalue weighted by Crippen LogP contribution is 2.31. The standard InChI is InChI=1S/C27H28N6O2S/c1-19-8-6-11-21-16-23(27(34)28-24(19)21)25(26-29-30-31-33(26)13-14-35-2)32(18-22-12-7-15-36-22)17-20-9-4-3-5-10-20/h3-12,15-16,25H,13-14,17-18H2,1-2H3,(H,28,34). The fourth-order valence-electron chi connectivity index (χ4n) is 4.51. The molecule has 3 aromatic heterocycles. The van der Waals surface area contributed by atoms with Crippen molar-refractivity contribution in [3.63, 3.8) is 0 Å². The minimum atomic E-state index is -0.479. The SMILES string of the molecule is COCCn1nnnc1C(c1cc2cccc(C)c2[nH]c1=O)N(Cc1ccccc1)Cc1cccs1. The number of pyridine rings is 1. The molecule has 5 aromatic rings. The highest BCUT2D eigenvalue weighted by molar-refractivity contribution is 7.09. The first kappa shape index (κ1) is 24.1. The van der Waals surface area contributed by atoms with Gasteiger partial charge in [0.15, 0.2) is 5.82 Å². The number of H-pyrrole nitrogens is 1. The quantitative estimate of drug-likeness (QED) is 0.307. The number of hydrogen-bond donors (Lipinski definition) is 1. The molecule has 184 valence electrons. The lowest BCUT2D eigenvalue weighted by Crippen LogP contribution is -2.35. The molecule has 0 saturated carbocycles. The Morgan fingerprint density at radius 2 is 1.94 bits per heavy atom. The van der Waals surface area contributed by atoms with Gasteiger partial charge < -0.3 is 9.72 Å². The van der Waals surface area contributed by atoms with Gasteiger partial charge in [0.05, 0.1) is 18.7 Å². The second-order valence-corrected chi connectivity index (χ2v) is 9.75. The monoisotopic (exact) mass is 500 g/mol. The van der Waals surface area contributed by atoms with Crippen LogP contribution in [0.3, 0.4) is 0 Å². The summed E-state index contributed by atoms with van der Waals surface area (Å²) in [6, 6.07) is 21.9. The zero-order valence-corrected chi connectivity index (χ0v) is 21.1. The van der Waals surface area contributed by atoms with Gasteiger partial charge in [-0.15, -0.1) is 16.4 Å². The van der Waals surface area contributed by atoms with Crippen LogP contribution in [0.1, 0.15) is 33.4 Å². The van der Waals surface area contributed by atoms with Crippen LogP contribution in [0.15, 0.2) is 76.9 Å². The van der Waals surface area contributed by atoms with Crippen LogP contribution in [0, 0.1) is 6.92 Å². The molecule has 0 bridgehead atoms. The van der Waals surface area contributed by atoms with Gasteiger partial charge in [-0.25, -0.2) is 4.68 Å². The lowest BCUT2D eigenvalue weighted by molar-refractivity contribution is 0.169. The first-order valence-electron chi connectivity index (χ1n) is 11.8. The zero-order chi connectivity index (χ0) is 24.9. The maximum atomic E-state index is 13.6. The second-order valence-electron chi connectivity index (χ2n) is 8.72. The van der Waals surface area contributed by atoms with E-state index in [1.807, 2.05) is 55.5 Å². The number of nitrogens with zero attached hydrogens (tertiary/aromatic N) is 5. The van der Waals surface area contributed by atoms with Crippen molar-refractivity contribution in [1.82, 2.24) is 30.1 Å². The summed E-state index contributed by atoms with van der Waals surface area (Å²) in [7, 11) is 1.65. The number of thiophene rings is 1. The molecule has 0 aliphatic carbocycles. The van der Waals surface area contributed by atoms with Gasteiger partial charge in [-0.2, -0.15) is 0 Å². The fourth-order valence-corrected chi connectivity index (χ4v) is 5.24. The smallest absolute Gasteiger partial charge is 0.253 e. The predicted molar refractivity (Wildman–Crippen MR) is 141 cm³/mol. The number of methoxy groups -OCH3 is 1. The van der Waals surface area contributed by atoms with E-state index in [-0.39, 0.29) is 5.56 Å². The molecular formula is C27H28N6O2S. The minimum Gasteiger partial charge on any atom is -0.383 e. The Kier molecular flexibility index (Phi) is 7.31. The van der Waals surface area contributed by atoms with Crippen molar-refractivity contribution in [3.8, 4) is 0 Å². The first-order chi connectivity index (χ1) is 17.6. The van der Waals surface area contributed by atoms with Crippen molar-refractivity contribution in [2.75, 3.05) is 13.7 Å². The highest BCUT2D eigenvalue weighted by atomic mass is 32.1. The molecular weight excluding hydrogens is 472 g/mol. The van der Waals surface area contributed by atoms with Gasteiger partial charge in [0.25, 0.3) is 5.56 Å². The molecule has 1 atom stereocenters.